The van der Waals surface area contributed by atoms with Crippen LogP contribution in [0.15, 0.2) is 174 Å². The molecule has 0 amide bonds. The third kappa shape index (κ3) is 5.17. The third-order valence-electron chi connectivity index (χ3n) is 10.1. The first-order chi connectivity index (χ1) is 25.3. The molecule has 10 rings (SSSR count). The van der Waals surface area contributed by atoms with Crippen molar-refractivity contribution < 1.29 is 4.42 Å². The molecule has 0 saturated heterocycles. The van der Waals surface area contributed by atoms with E-state index in [9.17, 15) is 0 Å². The second-order valence-electron chi connectivity index (χ2n) is 13.2. The Bertz CT molecular complexity index is 2720. The maximum atomic E-state index is 6.12. The van der Waals surface area contributed by atoms with Crippen LogP contribution in [0, 0.1) is 0 Å². The van der Waals surface area contributed by atoms with Gasteiger partial charge in [-0.15, -0.1) is 11.3 Å². The molecule has 2 heterocycles. The summed E-state index contributed by atoms with van der Waals surface area (Å²) in [5.74, 6) is 0. The molecule has 9 aromatic rings. The zero-order valence-corrected chi connectivity index (χ0v) is 28.7. The standard InChI is InChI=1S/C48H33NOS/c1-3-11-32(12-4-1)33-19-24-37(25-20-33)49(38-26-21-34(22-27-38)36-23-30-45-42(31-36)39-15-7-9-17-44(39)50-45)43-29-28-41-40-16-8-10-18-46(40)51-48(41)47(43)35-13-5-2-6-14-35/h1-9,11-17,19-31H,10,18H2. The van der Waals surface area contributed by atoms with Gasteiger partial charge in [-0.2, -0.15) is 0 Å². The molecule has 0 spiro atoms. The van der Waals surface area contributed by atoms with E-state index >= 15 is 0 Å². The summed E-state index contributed by atoms with van der Waals surface area (Å²) < 4.78 is 7.47. The van der Waals surface area contributed by atoms with Crippen molar-refractivity contribution in [2.24, 2.45) is 0 Å². The maximum Gasteiger partial charge on any atom is 0.135 e. The Hall–Kier alpha value is -6.16. The monoisotopic (exact) mass is 671 g/mol. The van der Waals surface area contributed by atoms with E-state index in [-0.39, 0.29) is 0 Å². The molecule has 51 heavy (non-hydrogen) atoms. The van der Waals surface area contributed by atoms with Crippen LogP contribution in [0.1, 0.15) is 16.9 Å². The van der Waals surface area contributed by atoms with Gasteiger partial charge in [0.1, 0.15) is 11.2 Å². The zero-order valence-electron chi connectivity index (χ0n) is 27.9. The lowest BCUT2D eigenvalue weighted by atomic mass is 9.96. The molecular weight excluding hydrogens is 639 g/mol. The Morgan fingerprint density at radius 1 is 0.490 bits per heavy atom. The molecule has 0 atom stereocenters. The number of furan rings is 1. The van der Waals surface area contributed by atoms with Crippen molar-refractivity contribution in [3.63, 3.8) is 0 Å². The third-order valence-corrected chi connectivity index (χ3v) is 11.4. The van der Waals surface area contributed by atoms with Crippen molar-refractivity contribution in [3.8, 4) is 33.4 Å². The van der Waals surface area contributed by atoms with E-state index in [0.717, 1.165) is 46.2 Å². The van der Waals surface area contributed by atoms with Gasteiger partial charge in [-0.05, 0) is 94.8 Å². The highest BCUT2D eigenvalue weighted by molar-refractivity contribution is 7.20. The summed E-state index contributed by atoms with van der Waals surface area (Å²) >= 11 is 1.96. The van der Waals surface area contributed by atoms with E-state index < -0.39 is 0 Å². The molecule has 0 radical (unpaired) electrons. The summed E-state index contributed by atoms with van der Waals surface area (Å²) in [5.41, 5.74) is 13.9. The number of para-hydroxylation sites is 1. The topological polar surface area (TPSA) is 16.4 Å². The van der Waals surface area contributed by atoms with Crippen LogP contribution < -0.4 is 4.90 Å². The fourth-order valence-corrected chi connectivity index (χ4v) is 9.01. The molecule has 242 valence electrons. The molecule has 0 aliphatic heterocycles. The maximum absolute atomic E-state index is 6.12. The Kier molecular flexibility index (Phi) is 7.18. The Morgan fingerprint density at radius 2 is 1.10 bits per heavy atom. The number of benzene rings is 7. The minimum Gasteiger partial charge on any atom is -0.456 e. The fourth-order valence-electron chi connectivity index (χ4n) is 7.64. The van der Waals surface area contributed by atoms with E-state index in [1.807, 2.05) is 23.5 Å². The normalized spacial score (nSPS) is 12.5. The van der Waals surface area contributed by atoms with Crippen LogP contribution in [-0.2, 0) is 6.42 Å². The van der Waals surface area contributed by atoms with Crippen LogP contribution in [0.4, 0.5) is 17.1 Å². The van der Waals surface area contributed by atoms with Crippen molar-refractivity contribution >= 4 is 66.5 Å². The first-order valence-electron chi connectivity index (χ1n) is 17.6. The quantitative estimate of drug-likeness (QED) is 0.175. The lowest BCUT2D eigenvalue weighted by molar-refractivity contribution is 0.669. The molecule has 1 aliphatic rings. The minimum atomic E-state index is 0.913. The molecule has 2 nitrogen and oxygen atoms in total. The van der Waals surface area contributed by atoms with Gasteiger partial charge in [-0.1, -0.05) is 127 Å². The van der Waals surface area contributed by atoms with Gasteiger partial charge in [0, 0.05) is 42.7 Å². The second kappa shape index (κ2) is 12.3. The van der Waals surface area contributed by atoms with Crippen LogP contribution >= 0.6 is 11.3 Å². The highest BCUT2D eigenvalue weighted by Crippen LogP contribution is 2.49. The number of hydrogen-bond donors (Lipinski definition) is 0. The number of allylic oxidation sites excluding steroid dienone is 1. The summed E-state index contributed by atoms with van der Waals surface area (Å²) in [6, 6.07) is 59.0. The molecule has 7 aromatic carbocycles. The molecule has 0 saturated carbocycles. The Labute approximate surface area is 301 Å². The molecule has 0 bridgehead atoms. The molecule has 3 heteroatoms. The molecule has 0 fully saturated rings. The molecular formula is C48H33NOS. The number of hydrogen-bond acceptors (Lipinski definition) is 3. The van der Waals surface area contributed by atoms with Crippen molar-refractivity contribution in [2.45, 2.75) is 12.8 Å². The van der Waals surface area contributed by atoms with Gasteiger partial charge in [0.2, 0.25) is 0 Å². The van der Waals surface area contributed by atoms with E-state index in [1.165, 1.54) is 59.6 Å². The van der Waals surface area contributed by atoms with Crippen molar-refractivity contribution in [3.05, 3.63) is 180 Å². The van der Waals surface area contributed by atoms with Gasteiger partial charge in [0.15, 0.2) is 0 Å². The van der Waals surface area contributed by atoms with Crippen molar-refractivity contribution in [2.75, 3.05) is 4.90 Å². The predicted octanol–water partition coefficient (Wildman–Crippen LogP) is 14.2. The average molecular weight is 672 g/mol. The molecule has 2 aromatic heterocycles. The van der Waals surface area contributed by atoms with Crippen molar-refractivity contribution in [1.82, 2.24) is 0 Å². The number of fused-ring (bicyclic) bond motifs is 6. The summed E-state index contributed by atoms with van der Waals surface area (Å²) in [6.07, 6.45) is 6.85. The number of nitrogens with zero attached hydrogens (tertiary/aromatic N) is 1. The molecule has 0 unspecified atom stereocenters. The Morgan fingerprint density at radius 3 is 1.84 bits per heavy atom. The lowest BCUT2D eigenvalue weighted by Gasteiger charge is -2.28. The van der Waals surface area contributed by atoms with Crippen LogP contribution in [-0.4, -0.2) is 0 Å². The zero-order chi connectivity index (χ0) is 33.7. The van der Waals surface area contributed by atoms with E-state index in [0.29, 0.717) is 0 Å². The summed E-state index contributed by atoms with van der Waals surface area (Å²) in [5, 5.41) is 3.62. The number of aryl methyl sites for hydroxylation is 1. The fraction of sp³-hybridized carbons (Fsp3) is 0.0417. The van der Waals surface area contributed by atoms with Crippen LogP contribution in [0.3, 0.4) is 0 Å². The van der Waals surface area contributed by atoms with Crippen LogP contribution in [0.2, 0.25) is 0 Å². The smallest absolute Gasteiger partial charge is 0.135 e. The van der Waals surface area contributed by atoms with Gasteiger partial charge < -0.3 is 9.32 Å². The van der Waals surface area contributed by atoms with Gasteiger partial charge in [0.05, 0.1) is 5.69 Å². The summed E-state index contributed by atoms with van der Waals surface area (Å²) in [7, 11) is 0. The van der Waals surface area contributed by atoms with E-state index in [1.54, 1.807) is 0 Å². The Balaban J connectivity index is 1.14. The lowest BCUT2D eigenvalue weighted by Crippen LogP contribution is -2.11. The number of rotatable bonds is 6. The van der Waals surface area contributed by atoms with E-state index in [4.69, 9.17) is 4.42 Å². The molecule has 1 aliphatic carbocycles. The molecule has 0 N–H and O–H groups in total. The van der Waals surface area contributed by atoms with Crippen LogP contribution in [0.25, 0.3) is 71.5 Å². The average Bonchev–Trinajstić information content (AvgIpc) is 3.77. The predicted molar refractivity (Wildman–Crippen MR) is 217 cm³/mol. The van der Waals surface area contributed by atoms with Crippen LogP contribution in [0.5, 0.6) is 0 Å². The highest BCUT2D eigenvalue weighted by atomic mass is 32.1. The largest absolute Gasteiger partial charge is 0.456 e. The van der Waals surface area contributed by atoms with Gasteiger partial charge >= 0.3 is 0 Å². The highest BCUT2D eigenvalue weighted by Gasteiger charge is 2.23. The van der Waals surface area contributed by atoms with Gasteiger partial charge in [-0.25, -0.2) is 0 Å². The summed E-state index contributed by atoms with van der Waals surface area (Å²) in [4.78, 5) is 3.91. The first kappa shape index (κ1) is 29.7. The first-order valence-corrected chi connectivity index (χ1v) is 18.4. The van der Waals surface area contributed by atoms with Crippen molar-refractivity contribution in [1.29, 1.82) is 0 Å². The second-order valence-corrected chi connectivity index (χ2v) is 14.3. The SMILES string of the molecule is C1=Cc2c(sc3c(-c4ccccc4)c(N(c4ccc(-c5ccccc5)cc4)c4ccc(-c5ccc6oc7ccccc7c6c5)cc4)ccc23)CC1. The van der Waals surface area contributed by atoms with Gasteiger partial charge in [-0.3, -0.25) is 0 Å². The number of thiophene rings is 1. The van der Waals surface area contributed by atoms with E-state index in [2.05, 4.69) is 169 Å². The number of anilines is 3. The minimum absolute atomic E-state index is 0.913. The van der Waals surface area contributed by atoms with Gasteiger partial charge in [0.25, 0.3) is 0 Å². The summed E-state index contributed by atoms with van der Waals surface area (Å²) in [6.45, 7) is 0.